The molecule has 0 aliphatic carbocycles. The van der Waals surface area contributed by atoms with Crippen LogP contribution in [-0.4, -0.2) is 19.1 Å². The summed E-state index contributed by atoms with van der Waals surface area (Å²) in [4.78, 5) is 11.3. The predicted octanol–water partition coefficient (Wildman–Crippen LogP) is 2.88. The fraction of sp³-hybridized carbons (Fsp3) is 0.923. The quantitative estimate of drug-likeness (QED) is 0.463. The highest BCUT2D eigenvalue weighted by Gasteiger charge is 2.07. The van der Waals surface area contributed by atoms with Crippen LogP contribution in [0, 0.1) is 5.92 Å². The molecule has 0 saturated heterocycles. The van der Waals surface area contributed by atoms with Gasteiger partial charge in [0.15, 0.2) is 0 Å². The average Bonchev–Trinajstić information content (AvgIpc) is 2.27. The number of hydrogen-bond donors (Lipinski definition) is 1. The van der Waals surface area contributed by atoms with Crippen molar-refractivity contribution in [1.29, 1.82) is 0 Å². The van der Waals surface area contributed by atoms with Gasteiger partial charge in [0, 0.05) is 6.42 Å². The predicted molar refractivity (Wildman–Crippen MR) is 67.2 cm³/mol. The van der Waals surface area contributed by atoms with E-state index in [-0.39, 0.29) is 11.9 Å². The van der Waals surface area contributed by atoms with Crippen LogP contribution in [0.1, 0.15) is 58.8 Å². The number of carbonyl (C=O) groups excluding carboxylic acids is 1. The van der Waals surface area contributed by atoms with Crippen molar-refractivity contribution in [3.8, 4) is 0 Å². The Morgan fingerprint density at radius 3 is 2.44 bits per heavy atom. The van der Waals surface area contributed by atoms with Crippen molar-refractivity contribution in [3.63, 3.8) is 0 Å². The first-order valence-electron chi connectivity index (χ1n) is 6.56. The molecule has 0 radical (unpaired) electrons. The zero-order valence-corrected chi connectivity index (χ0v) is 10.8. The van der Waals surface area contributed by atoms with Crippen LogP contribution in [0.5, 0.6) is 0 Å². The lowest BCUT2D eigenvalue weighted by Gasteiger charge is -2.08. The number of esters is 1. The molecule has 3 nitrogen and oxygen atoms in total. The lowest BCUT2D eigenvalue weighted by atomic mass is 10.1. The molecule has 0 rings (SSSR count). The fourth-order valence-electron chi connectivity index (χ4n) is 1.50. The number of unbranched alkanes of at least 4 members (excludes halogenated alkanes) is 5. The van der Waals surface area contributed by atoms with Crippen molar-refractivity contribution in [1.82, 2.24) is 0 Å². The van der Waals surface area contributed by atoms with Gasteiger partial charge in [-0.25, -0.2) is 0 Å². The molecular weight excluding hydrogens is 202 g/mol. The van der Waals surface area contributed by atoms with Crippen LogP contribution in [-0.2, 0) is 9.53 Å². The zero-order valence-electron chi connectivity index (χ0n) is 10.8. The van der Waals surface area contributed by atoms with Gasteiger partial charge in [0.25, 0.3) is 0 Å². The molecule has 0 heterocycles. The highest BCUT2D eigenvalue weighted by Crippen LogP contribution is 2.06. The molecule has 3 heteroatoms. The average molecular weight is 229 g/mol. The van der Waals surface area contributed by atoms with Crippen LogP contribution in [0.15, 0.2) is 0 Å². The number of ether oxygens (including phenoxy) is 1. The molecule has 96 valence electrons. The van der Waals surface area contributed by atoms with Crippen LogP contribution in [0.25, 0.3) is 0 Å². The Morgan fingerprint density at radius 1 is 1.19 bits per heavy atom. The van der Waals surface area contributed by atoms with Crippen molar-refractivity contribution in [2.24, 2.45) is 11.7 Å². The third-order valence-corrected chi connectivity index (χ3v) is 2.68. The van der Waals surface area contributed by atoms with Gasteiger partial charge in [-0.1, -0.05) is 46.0 Å². The summed E-state index contributed by atoms with van der Waals surface area (Å²) in [5, 5.41) is 0. The Labute approximate surface area is 99.7 Å². The first-order valence-corrected chi connectivity index (χ1v) is 6.56. The maximum absolute atomic E-state index is 11.3. The Morgan fingerprint density at radius 2 is 1.81 bits per heavy atom. The van der Waals surface area contributed by atoms with E-state index in [1.54, 1.807) is 0 Å². The van der Waals surface area contributed by atoms with Crippen LogP contribution < -0.4 is 5.73 Å². The number of nitrogens with two attached hydrogens (primary N) is 1. The summed E-state index contributed by atoms with van der Waals surface area (Å²) in [6, 6.07) is 0. The van der Waals surface area contributed by atoms with Crippen LogP contribution >= 0.6 is 0 Å². The summed E-state index contributed by atoms with van der Waals surface area (Å²) in [5.41, 5.74) is 5.44. The monoisotopic (exact) mass is 229 g/mol. The second kappa shape index (κ2) is 10.9. The standard InChI is InChI=1S/C13H27NO2/c1-3-4-5-6-7-8-9-16-13(15)10-12(2)11-14/h12H,3-11,14H2,1-2H3. The van der Waals surface area contributed by atoms with Gasteiger partial charge < -0.3 is 10.5 Å². The van der Waals surface area contributed by atoms with E-state index < -0.39 is 0 Å². The third-order valence-electron chi connectivity index (χ3n) is 2.68. The van der Waals surface area contributed by atoms with Crippen molar-refractivity contribution in [2.75, 3.05) is 13.2 Å². The summed E-state index contributed by atoms with van der Waals surface area (Å²) in [6.07, 6.45) is 7.75. The molecule has 2 N–H and O–H groups in total. The Balaban J connectivity index is 3.21. The minimum absolute atomic E-state index is 0.105. The SMILES string of the molecule is CCCCCCCCOC(=O)CC(C)CN. The van der Waals surface area contributed by atoms with E-state index in [9.17, 15) is 4.79 Å². The highest BCUT2D eigenvalue weighted by atomic mass is 16.5. The normalized spacial score (nSPS) is 12.4. The molecule has 0 amide bonds. The van der Waals surface area contributed by atoms with Crippen molar-refractivity contribution < 1.29 is 9.53 Å². The zero-order chi connectivity index (χ0) is 12.2. The van der Waals surface area contributed by atoms with Gasteiger partial charge in [-0.05, 0) is 18.9 Å². The first-order chi connectivity index (χ1) is 7.70. The highest BCUT2D eigenvalue weighted by molar-refractivity contribution is 5.69. The Kier molecular flexibility index (Phi) is 10.5. The van der Waals surface area contributed by atoms with Gasteiger partial charge in [-0.15, -0.1) is 0 Å². The maximum atomic E-state index is 11.3. The second-order valence-electron chi connectivity index (χ2n) is 4.53. The van der Waals surface area contributed by atoms with Gasteiger partial charge in [0.05, 0.1) is 6.61 Å². The topological polar surface area (TPSA) is 52.3 Å². The lowest BCUT2D eigenvalue weighted by molar-refractivity contribution is -0.144. The molecule has 0 bridgehead atoms. The van der Waals surface area contributed by atoms with E-state index in [1.807, 2.05) is 6.92 Å². The molecule has 16 heavy (non-hydrogen) atoms. The van der Waals surface area contributed by atoms with E-state index in [2.05, 4.69) is 6.92 Å². The van der Waals surface area contributed by atoms with Crippen LogP contribution in [0.3, 0.4) is 0 Å². The van der Waals surface area contributed by atoms with E-state index in [1.165, 1.54) is 32.1 Å². The Bertz CT molecular complexity index is 171. The van der Waals surface area contributed by atoms with Crippen molar-refractivity contribution in [2.45, 2.75) is 58.8 Å². The molecule has 0 saturated carbocycles. The molecule has 0 aliphatic rings. The minimum atomic E-state index is -0.105. The number of hydrogen-bond acceptors (Lipinski definition) is 3. The minimum Gasteiger partial charge on any atom is -0.466 e. The molecule has 0 aromatic heterocycles. The molecular formula is C13H27NO2. The van der Waals surface area contributed by atoms with E-state index in [0.29, 0.717) is 19.6 Å². The van der Waals surface area contributed by atoms with Crippen LogP contribution in [0.4, 0.5) is 0 Å². The largest absolute Gasteiger partial charge is 0.466 e. The molecule has 0 fully saturated rings. The van der Waals surface area contributed by atoms with Gasteiger partial charge in [0.1, 0.15) is 0 Å². The van der Waals surface area contributed by atoms with E-state index >= 15 is 0 Å². The fourth-order valence-corrected chi connectivity index (χ4v) is 1.50. The molecule has 0 aliphatic heterocycles. The van der Waals surface area contributed by atoms with Gasteiger partial charge in [-0.3, -0.25) is 4.79 Å². The van der Waals surface area contributed by atoms with Crippen LogP contribution in [0.2, 0.25) is 0 Å². The summed E-state index contributed by atoms with van der Waals surface area (Å²) >= 11 is 0. The molecule has 0 aromatic rings. The number of carbonyl (C=O) groups is 1. The summed E-state index contributed by atoms with van der Waals surface area (Å²) in [6.45, 7) is 5.29. The second-order valence-corrected chi connectivity index (χ2v) is 4.53. The van der Waals surface area contributed by atoms with Crippen molar-refractivity contribution >= 4 is 5.97 Å². The third kappa shape index (κ3) is 9.97. The summed E-state index contributed by atoms with van der Waals surface area (Å²) < 4.78 is 5.13. The van der Waals surface area contributed by atoms with Gasteiger partial charge >= 0.3 is 5.97 Å². The Hall–Kier alpha value is -0.570. The van der Waals surface area contributed by atoms with Gasteiger partial charge in [0.2, 0.25) is 0 Å². The van der Waals surface area contributed by atoms with E-state index in [0.717, 1.165) is 6.42 Å². The van der Waals surface area contributed by atoms with Gasteiger partial charge in [-0.2, -0.15) is 0 Å². The molecule has 0 spiro atoms. The number of rotatable bonds is 10. The van der Waals surface area contributed by atoms with E-state index in [4.69, 9.17) is 10.5 Å². The van der Waals surface area contributed by atoms with Crippen molar-refractivity contribution in [3.05, 3.63) is 0 Å². The lowest BCUT2D eigenvalue weighted by Crippen LogP contribution is -2.17. The molecule has 1 unspecified atom stereocenters. The summed E-state index contributed by atoms with van der Waals surface area (Å²) in [7, 11) is 0. The molecule has 0 aromatic carbocycles. The molecule has 1 atom stereocenters. The first kappa shape index (κ1) is 15.4. The maximum Gasteiger partial charge on any atom is 0.306 e. The summed E-state index contributed by atoms with van der Waals surface area (Å²) in [5.74, 6) is 0.128. The smallest absolute Gasteiger partial charge is 0.306 e.